The SMILES string of the molecule is CN=C(NN)Nc1ccccc1. The third-order valence-electron chi connectivity index (χ3n) is 1.40. The number of guanidine groups is 1. The van der Waals surface area contributed by atoms with Crippen LogP contribution in [0.25, 0.3) is 0 Å². The summed E-state index contributed by atoms with van der Waals surface area (Å²) in [5, 5.41) is 2.99. The molecule has 1 aromatic carbocycles. The number of hydrogen-bond donors (Lipinski definition) is 3. The Morgan fingerprint density at radius 2 is 2.00 bits per heavy atom. The minimum absolute atomic E-state index is 0.543. The van der Waals surface area contributed by atoms with Gasteiger partial charge in [-0.3, -0.25) is 10.4 Å². The molecule has 0 spiro atoms. The summed E-state index contributed by atoms with van der Waals surface area (Å²) in [5.74, 6) is 5.73. The van der Waals surface area contributed by atoms with Gasteiger partial charge in [-0.15, -0.1) is 0 Å². The van der Waals surface area contributed by atoms with Crippen molar-refractivity contribution in [1.29, 1.82) is 0 Å². The van der Waals surface area contributed by atoms with Gasteiger partial charge in [-0.1, -0.05) is 18.2 Å². The molecular weight excluding hydrogens is 152 g/mol. The van der Waals surface area contributed by atoms with E-state index in [1.165, 1.54) is 0 Å². The topological polar surface area (TPSA) is 62.4 Å². The van der Waals surface area contributed by atoms with Crippen molar-refractivity contribution in [3.8, 4) is 0 Å². The van der Waals surface area contributed by atoms with Crippen molar-refractivity contribution in [2.75, 3.05) is 12.4 Å². The lowest BCUT2D eigenvalue weighted by Crippen LogP contribution is -2.35. The summed E-state index contributed by atoms with van der Waals surface area (Å²) in [6.07, 6.45) is 0. The van der Waals surface area contributed by atoms with E-state index in [2.05, 4.69) is 15.7 Å². The van der Waals surface area contributed by atoms with Gasteiger partial charge in [0, 0.05) is 12.7 Å². The predicted molar refractivity (Wildman–Crippen MR) is 50.7 cm³/mol. The van der Waals surface area contributed by atoms with Gasteiger partial charge in [-0.25, -0.2) is 5.84 Å². The summed E-state index contributed by atoms with van der Waals surface area (Å²) in [6, 6.07) is 9.69. The highest BCUT2D eigenvalue weighted by Gasteiger charge is 1.93. The molecule has 12 heavy (non-hydrogen) atoms. The second-order valence-electron chi connectivity index (χ2n) is 2.21. The van der Waals surface area contributed by atoms with Crippen LogP contribution in [0, 0.1) is 0 Å². The van der Waals surface area contributed by atoms with Gasteiger partial charge in [0.2, 0.25) is 5.96 Å². The number of anilines is 1. The molecule has 0 aromatic heterocycles. The Hall–Kier alpha value is -1.55. The fraction of sp³-hybridized carbons (Fsp3) is 0.125. The molecule has 4 nitrogen and oxygen atoms in total. The monoisotopic (exact) mass is 164 g/mol. The third kappa shape index (κ3) is 2.25. The van der Waals surface area contributed by atoms with Crippen molar-refractivity contribution in [1.82, 2.24) is 5.43 Å². The number of nitrogens with zero attached hydrogens (tertiary/aromatic N) is 1. The van der Waals surface area contributed by atoms with Gasteiger partial charge in [0.25, 0.3) is 0 Å². The first-order chi connectivity index (χ1) is 5.86. The molecule has 4 N–H and O–H groups in total. The number of hydrazine groups is 1. The van der Waals surface area contributed by atoms with Crippen LogP contribution in [-0.2, 0) is 0 Å². The van der Waals surface area contributed by atoms with Gasteiger partial charge in [-0.2, -0.15) is 0 Å². The van der Waals surface area contributed by atoms with Crippen molar-refractivity contribution in [3.05, 3.63) is 30.3 Å². The molecule has 0 heterocycles. The molecule has 0 aliphatic heterocycles. The highest BCUT2D eigenvalue weighted by molar-refractivity contribution is 5.92. The minimum atomic E-state index is 0.543. The van der Waals surface area contributed by atoms with Crippen molar-refractivity contribution in [3.63, 3.8) is 0 Å². The van der Waals surface area contributed by atoms with Gasteiger partial charge < -0.3 is 5.32 Å². The number of nitrogens with two attached hydrogens (primary N) is 1. The predicted octanol–water partition coefficient (Wildman–Crippen LogP) is 0.548. The number of nitrogens with one attached hydrogen (secondary N) is 2. The Bertz CT molecular complexity index is 255. The van der Waals surface area contributed by atoms with Crippen molar-refractivity contribution < 1.29 is 0 Å². The molecule has 0 saturated heterocycles. The Morgan fingerprint density at radius 1 is 1.33 bits per heavy atom. The minimum Gasteiger partial charge on any atom is -0.325 e. The first kappa shape index (κ1) is 8.55. The van der Waals surface area contributed by atoms with Gasteiger partial charge in [-0.05, 0) is 12.1 Å². The molecule has 1 aromatic rings. The van der Waals surface area contributed by atoms with E-state index in [4.69, 9.17) is 5.84 Å². The molecule has 4 heteroatoms. The second-order valence-corrected chi connectivity index (χ2v) is 2.21. The van der Waals surface area contributed by atoms with Crippen LogP contribution in [0.1, 0.15) is 0 Å². The molecule has 0 amide bonds. The third-order valence-corrected chi connectivity index (χ3v) is 1.40. The van der Waals surface area contributed by atoms with Crippen LogP contribution in [0.15, 0.2) is 35.3 Å². The van der Waals surface area contributed by atoms with E-state index in [1.807, 2.05) is 30.3 Å². The molecule has 0 radical (unpaired) electrons. The van der Waals surface area contributed by atoms with Crippen molar-refractivity contribution in [2.24, 2.45) is 10.8 Å². The largest absolute Gasteiger partial charge is 0.325 e. The maximum Gasteiger partial charge on any atom is 0.209 e. The van der Waals surface area contributed by atoms with Crippen LogP contribution in [0.2, 0.25) is 0 Å². The average molecular weight is 164 g/mol. The fourth-order valence-corrected chi connectivity index (χ4v) is 0.815. The van der Waals surface area contributed by atoms with Crippen LogP contribution >= 0.6 is 0 Å². The van der Waals surface area contributed by atoms with Gasteiger partial charge in [0.05, 0.1) is 0 Å². The Labute approximate surface area is 71.5 Å². The van der Waals surface area contributed by atoms with E-state index in [9.17, 15) is 0 Å². The Kier molecular flexibility index (Phi) is 3.10. The van der Waals surface area contributed by atoms with Gasteiger partial charge in [0.15, 0.2) is 0 Å². The van der Waals surface area contributed by atoms with E-state index < -0.39 is 0 Å². The maximum atomic E-state index is 5.19. The quantitative estimate of drug-likeness (QED) is 0.246. The zero-order valence-corrected chi connectivity index (χ0v) is 6.91. The van der Waals surface area contributed by atoms with Gasteiger partial charge in [0.1, 0.15) is 0 Å². The van der Waals surface area contributed by atoms with Crippen LogP contribution in [-0.4, -0.2) is 13.0 Å². The molecule has 0 bridgehead atoms. The molecular formula is C8H12N4. The first-order valence-electron chi connectivity index (χ1n) is 3.62. The lowest BCUT2D eigenvalue weighted by atomic mass is 10.3. The molecule has 1 rings (SSSR count). The summed E-state index contributed by atoms with van der Waals surface area (Å²) < 4.78 is 0. The Balaban J connectivity index is 2.64. The highest BCUT2D eigenvalue weighted by atomic mass is 15.3. The van der Waals surface area contributed by atoms with E-state index in [0.717, 1.165) is 5.69 Å². The van der Waals surface area contributed by atoms with Crippen LogP contribution < -0.4 is 16.6 Å². The molecule has 0 atom stereocenters. The molecule has 0 unspecified atom stereocenters. The molecule has 0 fully saturated rings. The number of benzene rings is 1. The van der Waals surface area contributed by atoms with Gasteiger partial charge >= 0.3 is 0 Å². The van der Waals surface area contributed by atoms with Crippen molar-refractivity contribution in [2.45, 2.75) is 0 Å². The average Bonchev–Trinajstić information content (AvgIpc) is 2.16. The normalized spacial score (nSPS) is 11.0. The molecule has 0 aliphatic carbocycles. The van der Waals surface area contributed by atoms with Crippen LogP contribution in [0.3, 0.4) is 0 Å². The number of hydrogen-bond acceptors (Lipinski definition) is 2. The fourth-order valence-electron chi connectivity index (χ4n) is 0.815. The maximum absolute atomic E-state index is 5.19. The van der Waals surface area contributed by atoms with Crippen LogP contribution in [0.4, 0.5) is 5.69 Å². The number of aliphatic imine (C=N–C) groups is 1. The Morgan fingerprint density at radius 3 is 2.50 bits per heavy atom. The first-order valence-corrected chi connectivity index (χ1v) is 3.62. The van der Waals surface area contributed by atoms with E-state index in [0.29, 0.717) is 5.96 Å². The lowest BCUT2D eigenvalue weighted by molar-refractivity contribution is 1.01. The van der Waals surface area contributed by atoms with Crippen LogP contribution in [0.5, 0.6) is 0 Å². The summed E-state index contributed by atoms with van der Waals surface area (Å²) in [7, 11) is 1.66. The number of rotatable bonds is 1. The van der Waals surface area contributed by atoms with E-state index >= 15 is 0 Å². The summed E-state index contributed by atoms with van der Waals surface area (Å²) in [6.45, 7) is 0. The smallest absolute Gasteiger partial charge is 0.209 e. The van der Waals surface area contributed by atoms with E-state index in [1.54, 1.807) is 7.05 Å². The zero-order valence-electron chi connectivity index (χ0n) is 6.91. The summed E-state index contributed by atoms with van der Waals surface area (Å²) in [5.41, 5.74) is 3.39. The van der Waals surface area contributed by atoms with E-state index in [-0.39, 0.29) is 0 Å². The molecule has 0 saturated carbocycles. The standard InChI is InChI=1S/C8H12N4/c1-10-8(12-9)11-7-5-3-2-4-6-7/h2-6H,9H2,1H3,(H2,10,11,12). The number of para-hydroxylation sites is 1. The molecule has 64 valence electrons. The second kappa shape index (κ2) is 4.35. The summed E-state index contributed by atoms with van der Waals surface area (Å²) in [4.78, 5) is 3.87. The molecule has 0 aliphatic rings. The lowest BCUT2D eigenvalue weighted by Gasteiger charge is -2.06. The zero-order chi connectivity index (χ0) is 8.81. The summed E-state index contributed by atoms with van der Waals surface area (Å²) >= 11 is 0. The van der Waals surface area contributed by atoms with Crippen molar-refractivity contribution >= 4 is 11.6 Å². The highest BCUT2D eigenvalue weighted by Crippen LogP contribution is 2.03.